The Hall–Kier alpha value is 0. The van der Waals surface area contributed by atoms with Gasteiger partial charge in [-0.05, 0) is 286 Å². The molecule has 8 unspecified atom stereocenters. The van der Waals surface area contributed by atoms with E-state index in [9.17, 15) is 0 Å². The van der Waals surface area contributed by atoms with Gasteiger partial charge in [0, 0.05) is 0 Å². The third-order valence-electron chi connectivity index (χ3n) is 22.6. The molecule has 10 rings (SSSR count). The molecule has 8 atom stereocenters. The lowest BCUT2D eigenvalue weighted by Gasteiger charge is -2.50. The molecule has 10 aliphatic carbocycles. The fourth-order valence-corrected chi connectivity index (χ4v) is 19.2. The summed E-state index contributed by atoms with van der Waals surface area (Å²) < 4.78 is 0. The van der Waals surface area contributed by atoms with Crippen molar-refractivity contribution in [2.75, 3.05) is 0 Å². The Balaban J connectivity index is 0.614. The zero-order valence-electron chi connectivity index (χ0n) is 37.3. The van der Waals surface area contributed by atoms with Gasteiger partial charge in [0.2, 0.25) is 0 Å². The molecule has 0 heteroatoms. The van der Waals surface area contributed by atoms with Crippen molar-refractivity contribution in [1.29, 1.82) is 0 Å². The maximum Gasteiger partial charge on any atom is -0.0383 e. The van der Waals surface area contributed by atoms with Gasteiger partial charge >= 0.3 is 0 Å². The standard InChI is InChI=1S/C56H94/c1-3-7-39(8-4-1)41-11-15-43(16-12-41)45-19-23-47(24-20-45)49-27-29-53-37-55(33-31-51(53)35-49)56-34-32-52-36-50(28-30-54(52)38-56)48-25-21-46(22-26-48)44-17-13-42(14-18-44)40-9-5-2-6-10-40/h39-56H,1-38H2. The van der Waals surface area contributed by atoms with Crippen LogP contribution < -0.4 is 0 Å². The Morgan fingerprint density at radius 2 is 0.232 bits per heavy atom. The highest BCUT2D eigenvalue weighted by molar-refractivity contribution is 4.96. The predicted molar refractivity (Wildman–Crippen MR) is 238 cm³/mol. The molecule has 0 aromatic carbocycles. The van der Waals surface area contributed by atoms with E-state index in [2.05, 4.69) is 0 Å². The van der Waals surface area contributed by atoms with Crippen LogP contribution in [-0.4, -0.2) is 0 Å². The van der Waals surface area contributed by atoms with Gasteiger partial charge in [-0.25, -0.2) is 0 Å². The summed E-state index contributed by atoms with van der Waals surface area (Å²) in [7, 11) is 0. The summed E-state index contributed by atoms with van der Waals surface area (Å²) in [5.41, 5.74) is 0. The summed E-state index contributed by atoms with van der Waals surface area (Å²) in [6, 6.07) is 0. The van der Waals surface area contributed by atoms with Crippen molar-refractivity contribution >= 4 is 0 Å². The summed E-state index contributed by atoms with van der Waals surface area (Å²) in [6.07, 6.45) is 60.9. The molecule has 0 amide bonds. The Labute approximate surface area is 349 Å². The summed E-state index contributed by atoms with van der Waals surface area (Å²) in [5.74, 6) is 20.1. The van der Waals surface area contributed by atoms with Gasteiger partial charge in [-0.3, -0.25) is 0 Å². The van der Waals surface area contributed by atoms with Gasteiger partial charge in [0.15, 0.2) is 0 Å². The molecule has 0 spiro atoms. The van der Waals surface area contributed by atoms with E-state index in [-0.39, 0.29) is 0 Å². The van der Waals surface area contributed by atoms with Crippen LogP contribution in [-0.2, 0) is 0 Å². The first kappa shape index (κ1) is 40.1. The molecule has 0 bridgehead atoms. The van der Waals surface area contributed by atoms with E-state index >= 15 is 0 Å². The third-order valence-corrected chi connectivity index (χ3v) is 22.6. The number of hydrogen-bond donors (Lipinski definition) is 0. The van der Waals surface area contributed by atoms with Crippen molar-refractivity contribution in [2.45, 2.75) is 244 Å². The molecule has 0 aromatic rings. The molecule has 318 valence electrons. The number of hydrogen-bond acceptors (Lipinski definition) is 0. The van der Waals surface area contributed by atoms with Gasteiger partial charge in [-0.1, -0.05) is 64.2 Å². The lowest BCUT2D eigenvalue weighted by Crippen LogP contribution is -2.39. The highest BCUT2D eigenvalue weighted by Crippen LogP contribution is 2.56. The fraction of sp³-hybridized carbons (Fsp3) is 1.00. The minimum atomic E-state index is 1.11. The molecule has 0 radical (unpaired) electrons. The van der Waals surface area contributed by atoms with Crippen LogP contribution >= 0.6 is 0 Å². The van der Waals surface area contributed by atoms with Crippen LogP contribution in [0.3, 0.4) is 0 Å². The number of rotatable bonds is 7. The van der Waals surface area contributed by atoms with Crippen LogP contribution in [0, 0.1) is 107 Å². The van der Waals surface area contributed by atoms with Crippen LogP contribution in [0.5, 0.6) is 0 Å². The van der Waals surface area contributed by atoms with Crippen molar-refractivity contribution in [3.63, 3.8) is 0 Å². The van der Waals surface area contributed by atoms with Crippen molar-refractivity contribution < 1.29 is 0 Å². The van der Waals surface area contributed by atoms with Gasteiger partial charge in [0.05, 0.1) is 0 Å². The third kappa shape index (κ3) is 9.26. The first-order valence-electron chi connectivity index (χ1n) is 27.7. The van der Waals surface area contributed by atoms with Crippen LogP contribution in [0.25, 0.3) is 0 Å². The summed E-state index contributed by atoms with van der Waals surface area (Å²) in [4.78, 5) is 0. The highest BCUT2D eigenvalue weighted by atomic mass is 14.5. The van der Waals surface area contributed by atoms with Crippen molar-refractivity contribution in [2.24, 2.45) is 107 Å². The van der Waals surface area contributed by atoms with E-state index in [1.807, 2.05) is 0 Å². The second kappa shape index (κ2) is 18.9. The fourth-order valence-electron chi connectivity index (χ4n) is 19.2. The number of fused-ring (bicyclic) bond motifs is 2. The Morgan fingerprint density at radius 1 is 0.107 bits per heavy atom. The maximum absolute atomic E-state index is 1.66. The minimum Gasteiger partial charge on any atom is -0.0533 e. The summed E-state index contributed by atoms with van der Waals surface area (Å²) in [5, 5.41) is 0. The van der Waals surface area contributed by atoms with E-state index in [0.29, 0.717) is 0 Å². The molecule has 10 fully saturated rings. The smallest absolute Gasteiger partial charge is 0.0383 e. The van der Waals surface area contributed by atoms with Gasteiger partial charge in [0.1, 0.15) is 0 Å². The Bertz CT molecular complexity index is 1060. The summed E-state index contributed by atoms with van der Waals surface area (Å²) in [6.45, 7) is 0. The van der Waals surface area contributed by atoms with Gasteiger partial charge in [0.25, 0.3) is 0 Å². The molecule has 0 aromatic heterocycles. The maximum atomic E-state index is 1.66. The quantitative estimate of drug-likeness (QED) is 0.242. The molecular formula is C56H94. The van der Waals surface area contributed by atoms with Crippen LogP contribution in [0.15, 0.2) is 0 Å². The van der Waals surface area contributed by atoms with Crippen molar-refractivity contribution in [1.82, 2.24) is 0 Å². The Kier molecular flexibility index (Phi) is 13.6. The van der Waals surface area contributed by atoms with E-state index in [1.165, 1.54) is 12.8 Å². The SMILES string of the molecule is C1CCC(C2CCC(C3CCC(C4CCC5CC(C6CCC7CC(C8CCC(C9CCC(C%10CCCCC%10)CC9)CC8)CCC7C6)CCC5C4)CC3)CC2)CC1. The lowest BCUT2D eigenvalue weighted by atomic mass is 9.55. The second-order valence-corrected chi connectivity index (χ2v) is 24.8. The zero-order valence-corrected chi connectivity index (χ0v) is 37.3. The molecule has 0 aliphatic heterocycles. The van der Waals surface area contributed by atoms with E-state index < -0.39 is 0 Å². The van der Waals surface area contributed by atoms with Gasteiger partial charge in [-0.15, -0.1) is 0 Å². The average molecular weight is 767 g/mol. The highest BCUT2D eigenvalue weighted by Gasteiger charge is 2.45. The lowest BCUT2D eigenvalue weighted by molar-refractivity contribution is 0.00738. The molecule has 0 nitrogen and oxygen atoms in total. The van der Waals surface area contributed by atoms with Crippen LogP contribution in [0.1, 0.15) is 244 Å². The van der Waals surface area contributed by atoms with Crippen LogP contribution in [0.2, 0.25) is 0 Å². The van der Waals surface area contributed by atoms with E-state index in [4.69, 9.17) is 0 Å². The first-order valence-corrected chi connectivity index (χ1v) is 27.7. The zero-order chi connectivity index (χ0) is 37.3. The van der Waals surface area contributed by atoms with Crippen LogP contribution in [0.4, 0.5) is 0 Å². The molecule has 0 N–H and O–H groups in total. The van der Waals surface area contributed by atoms with Gasteiger partial charge < -0.3 is 0 Å². The monoisotopic (exact) mass is 767 g/mol. The van der Waals surface area contributed by atoms with Crippen molar-refractivity contribution in [3.05, 3.63) is 0 Å². The molecule has 10 aliphatic rings. The second-order valence-electron chi connectivity index (χ2n) is 24.8. The van der Waals surface area contributed by atoms with Crippen molar-refractivity contribution in [3.8, 4) is 0 Å². The average Bonchev–Trinajstić information content (AvgIpc) is 3.29. The normalized spacial score (nSPS) is 49.1. The topological polar surface area (TPSA) is 0 Å². The molecule has 10 saturated carbocycles. The molecule has 0 saturated heterocycles. The first-order chi connectivity index (χ1) is 27.7. The van der Waals surface area contributed by atoms with E-state index in [0.717, 1.165) is 107 Å². The largest absolute Gasteiger partial charge is 0.0533 e. The van der Waals surface area contributed by atoms with E-state index in [1.54, 1.807) is 231 Å². The Morgan fingerprint density at radius 3 is 0.429 bits per heavy atom. The molecule has 0 heterocycles. The predicted octanol–water partition coefficient (Wildman–Crippen LogP) is 17.0. The molecular weight excluding hydrogens is 673 g/mol. The molecule has 56 heavy (non-hydrogen) atoms. The van der Waals surface area contributed by atoms with Gasteiger partial charge in [-0.2, -0.15) is 0 Å². The summed E-state index contributed by atoms with van der Waals surface area (Å²) >= 11 is 0. The minimum absolute atomic E-state index is 1.11.